The van der Waals surface area contributed by atoms with E-state index in [-0.39, 0.29) is 0 Å². The van der Waals surface area contributed by atoms with Crippen molar-refractivity contribution in [2.24, 2.45) is 4.99 Å². The molecule has 0 saturated heterocycles. The van der Waals surface area contributed by atoms with Crippen molar-refractivity contribution in [3.05, 3.63) is 51.5 Å². The van der Waals surface area contributed by atoms with E-state index in [1.165, 1.54) is 12.1 Å². The lowest BCUT2D eigenvalue weighted by Crippen LogP contribution is -2.39. The maximum absolute atomic E-state index is 13.1. The number of rotatable bonds is 6. The minimum Gasteiger partial charge on any atom is -0.356 e. The van der Waals surface area contributed by atoms with E-state index in [9.17, 15) is 22.0 Å². The molecule has 0 aliphatic rings. The first-order valence-corrected chi connectivity index (χ1v) is 8.57. The normalized spacial score (nSPS) is 12.3. The van der Waals surface area contributed by atoms with E-state index in [1.807, 2.05) is 0 Å². The zero-order valence-corrected chi connectivity index (χ0v) is 14.6. The maximum atomic E-state index is 13.1. The van der Waals surface area contributed by atoms with Crippen molar-refractivity contribution in [1.29, 1.82) is 0 Å². The molecule has 0 amide bonds. The number of halogens is 5. The van der Waals surface area contributed by atoms with Gasteiger partial charge in [-0.05, 0) is 24.1 Å². The summed E-state index contributed by atoms with van der Waals surface area (Å²) in [4.78, 5) is 7.52. The van der Waals surface area contributed by atoms with Crippen LogP contribution in [-0.4, -0.2) is 31.1 Å². The zero-order chi connectivity index (χ0) is 19.2. The molecule has 0 atom stereocenters. The predicted molar refractivity (Wildman–Crippen MR) is 90.2 cm³/mol. The van der Waals surface area contributed by atoms with Crippen LogP contribution in [0.4, 0.5) is 22.0 Å². The first-order chi connectivity index (χ1) is 12.3. The van der Waals surface area contributed by atoms with E-state index < -0.39 is 23.5 Å². The third kappa shape index (κ3) is 6.25. The molecular formula is C16H17F5N4S. The second-order valence-electron chi connectivity index (χ2n) is 5.33. The molecule has 0 spiro atoms. The summed E-state index contributed by atoms with van der Waals surface area (Å²) in [5.41, 5.74) is -0.379. The number of alkyl halides is 3. The van der Waals surface area contributed by atoms with Crippen LogP contribution in [0.3, 0.4) is 0 Å². The molecule has 0 bridgehead atoms. The van der Waals surface area contributed by atoms with Gasteiger partial charge in [0.1, 0.15) is 11.6 Å². The van der Waals surface area contributed by atoms with Crippen molar-refractivity contribution >= 4 is 17.3 Å². The Hall–Kier alpha value is -2.23. The maximum Gasteiger partial charge on any atom is 0.434 e. The molecule has 0 unspecified atom stereocenters. The highest BCUT2D eigenvalue weighted by atomic mass is 32.1. The monoisotopic (exact) mass is 392 g/mol. The average molecular weight is 392 g/mol. The number of benzene rings is 1. The van der Waals surface area contributed by atoms with Crippen LogP contribution in [0.5, 0.6) is 0 Å². The fourth-order valence-corrected chi connectivity index (χ4v) is 2.95. The van der Waals surface area contributed by atoms with E-state index >= 15 is 0 Å². The number of guanidine groups is 1. The third-order valence-corrected chi connectivity index (χ3v) is 4.23. The van der Waals surface area contributed by atoms with Gasteiger partial charge in [-0.25, -0.2) is 13.8 Å². The summed E-state index contributed by atoms with van der Waals surface area (Å²) in [5, 5.41) is 7.28. The summed E-state index contributed by atoms with van der Waals surface area (Å²) in [6.07, 6.45) is -3.73. The van der Waals surface area contributed by atoms with Crippen molar-refractivity contribution in [3.63, 3.8) is 0 Å². The van der Waals surface area contributed by atoms with Crippen LogP contribution in [0, 0.1) is 11.6 Å². The number of nitrogens with zero attached hydrogens (tertiary/aromatic N) is 2. The van der Waals surface area contributed by atoms with Gasteiger partial charge in [0.25, 0.3) is 0 Å². The van der Waals surface area contributed by atoms with Gasteiger partial charge in [-0.15, -0.1) is 11.3 Å². The van der Waals surface area contributed by atoms with Gasteiger partial charge >= 0.3 is 6.18 Å². The van der Waals surface area contributed by atoms with E-state index in [1.54, 1.807) is 7.05 Å². The minimum atomic E-state index is -4.43. The fraction of sp³-hybridized carbons (Fsp3) is 0.375. The van der Waals surface area contributed by atoms with Crippen LogP contribution >= 0.6 is 11.3 Å². The lowest BCUT2D eigenvalue weighted by Gasteiger charge is -2.11. The fourth-order valence-electron chi connectivity index (χ4n) is 2.14. The molecule has 0 fully saturated rings. The van der Waals surface area contributed by atoms with Gasteiger partial charge in [0.2, 0.25) is 0 Å². The van der Waals surface area contributed by atoms with Gasteiger partial charge in [0.05, 0.1) is 5.01 Å². The van der Waals surface area contributed by atoms with Crippen molar-refractivity contribution in [2.75, 3.05) is 20.1 Å². The first-order valence-electron chi connectivity index (χ1n) is 7.69. The van der Waals surface area contributed by atoms with E-state index in [0.717, 1.165) is 22.8 Å². The summed E-state index contributed by atoms with van der Waals surface area (Å²) in [5.74, 6) is -0.831. The Morgan fingerprint density at radius 3 is 2.23 bits per heavy atom. The number of aromatic nitrogens is 1. The van der Waals surface area contributed by atoms with Crippen molar-refractivity contribution < 1.29 is 22.0 Å². The van der Waals surface area contributed by atoms with E-state index in [2.05, 4.69) is 20.6 Å². The third-order valence-electron chi connectivity index (χ3n) is 3.33. The number of nitrogens with one attached hydrogen (secondary N) is 2. The Labute approximate surface area is 151 Å². The molecule has 4 nitrogen and oxygen atoms in total. The molecular weight excluding hydrogens is 375 g/mol. The van der Waals surface area contributed by atoms with E-state index in [0.29, 0.717) is 42.5 Å². The number of hydrogen-bond donors (Lipinski definition) is 2. The summed E-state index contributed by atoms with van der Waals surface area (Å²) in [7, 11) is 1.54. The molecule has 0 saturated carbocycles. The Morgan fingerprint density at radius 2 is 1.69 bits per heavy atom. The second kappa shape index (κ2) is 8.93. The summed E-state index contributed by atoms with van der Waals surface area (Å²) < 4.78 is 63.7. The Morgan fingerprint density at radius 1 is 1.08 bits per heavy atom. The molecule has 1 aromatic heterocycles. The minimum absolute atomic E-state index is 0.316. The Balaban J connectivity index is 1.75. The number of hydrogen-bond acceptors (Lipinski definition) is 3. The Bertz CT molecular complexity index is 737. The van der Waals surface area contributed by atoms with Crippen molar-refractivity contribution in [1.82, 2.24) is 15.6 Å². The van der Waals surface area contributed by atoms with Crippen LogP contribution in [-0.2, 0) is 19.0 Å². The van der Waals surface area contributed by atoms with Gasteiger partial charge in [0, 0.05) is 38.0 Å². The molecule has 2 aromatic rings. The van der Waals surface area contributed by atoms with Gasteiger partial charge in [0.15, 0.2) is 11.7 Å². The summed E-state index contributed by atoms with van der Waals surface area (Å²) in [6.45, 7) is 0.733. The number of thiazole rings is 1. The van der Waals surface area contributed by atoms with Crippen LogP contribution in [0.2, 0.25) is 0 Å². The molecule has 1 aromatic carbocycles. The molecule has 10 heteroatoms. The van der Waals surface area contributed by atoms with Crippen LogP contribution in [0.15, 0.2) is 28.6 Å². The SMILES string of the molecule is CN=C(NCCc1cc(F)cc(F)c1)NCCc1nc(C(F)(F)F)cs1. The largest absolute Gasteiger partial charge is 0.434 e. The smallest absolute Gasteiger partial charge is 0.356 e. The first kappa shape index (κ1) is 20.1. The molecule has 0 radical (unpaired) electrons. The van der Waals surface area contributed by atoms with Crippen LogP contribution < -0.4 is 10.6 Å². The highest BCUT2D eigenvalue weighted by Crippen LogP contribution is 2.29. The molecule has 142 valence electrons. The summed E-state index contributed by atoms with van der Waals surface area (Å²) >= 11 is 0.951. The van der Waals surface area contributed by atoms with Crippen LogP contribution in [0.1, 0.15) is 16.3 Å². The van der Waals surface area contributed by atoms with Gasteiger partial charge in [-0.2, -0.15) is 13.2 Å². The molecule has 0 aliphatic carbocycles. The lowest BCUT2D eigenvalue weighted by molar-refractivity contribution is -0.140. The van der Waals surface area contributed by atoms with Crippen molar-refractivity contribution in [2.45, 2.75) is 19.0 Å². The van der Waals surface area contributed by atoms with E-state index in [4.69, 9.17) is 0 Å². The summed E-state index contributed by atoms with van der Waals surface area (Å²) in [6, 6.07) is 3.31. The van der Waals surface area contributed by atoms with Crippen molar-refractivity contribution in [3.8, 4) is 0 Å². The van der Waals surface area contributed by atoms with Gasteiger partial charge in [-0.1, -0.05) is 0 Å². The zero-order valence-electron chi connectivity index (χ0n) is 13.8. The van der Waals surface area contributed by atoms with Gasteiger partial charge < -0.3 is 10.6 Å². The Kier molecular flexibility index (Phi) is 6.90. The lowest BCUT2D eigenvalue weighted by atomic mass is 10.1. The predicted octanol–water partition coefficient (Wildman–Crippen LogP) is 3.39. The highest BCUT2D eigenvalue weighted by Gasteiger charge is 2.33. The highest BCUT2D eigenvalue weighted by molar-refractivity contribution is 7.09. The van der Waals surface area contributed by atoms with Crippen LogP contribution in [0.25, 0.3) is 0 Å². The molecule has 2 rings (SSSR count). The van der Waals surface area contributed by atoms with Gasteiger partial charge in [-0.3, -0.25) is 4.99 Å². The topological polar surface area (TPSA) is 49.3 Å². The average Bonchev–Trinajstić information content (AvgIpc) is 3.01. The quantitative estimate of drug-likeness (QED) is 0.450. The number of aliphatic imine (C=N–C) groups is 1. The molecule has 1 heterocycles. The standard InChI is InChI=1S/C16H17F5N4S/c1-22-15(23-4-2-10-6-11(17)8-12(18)7-10)24-5-3-14-25-13(9-26-14)16(19,20)21/h6-9H,2-5H2,1H3,(H2,22,23,24). The second-order valence-corrected chi connectivity index (χ2v) is 6.27. The molecule has 26 heavy (non-hydrogen) atoms. The molecule has 0 aliphatic heterocycles. The molecule has 2 N–H and O–H groups in total.